The number of carbonyl (C=O) groups excluding carboxylic acids is 1. The van der Waals surface area contributed by atoms with Crippen molar-refractivity contribution in [1.82, 2.24) is 20.1 Å². The minimum atomic E-state index is -0.951. The van der Waals surface area contributed by atoms with Gasteiger partial charge in [-0.15, -0.1) is 10.2 Å². The first kappa shape index (κ1) is 22.9. The first-order valence-electron chi connectivity index (χ1n) is 11.5. The van der Waals surface area contributed by atoms with Crippen LogP contribution in [0.4, 0.5) is 4.39 Å². The Labute approximate surface area is 202 Å². The van der Waals surface area contributed by atoms with Crippen LogP contribution in [0.5, 0.6) is 0 Å². The van der Waals surface area contributed by atoms with Crippen molar-refractivity contribution in [3.63, 3.8) is 0 Å². The van der Waals surface area contributed by atoms with E-state index in [-0.39, 0.29) is 29.3 Å². The average molecular weight is 476 g/mol. The van der Waals surface area contributed by atoms with E-state index < -0.39 is 11.4 Å². The molecule has 1 aliphatic rings. The highest BCUT2D eigenvalue weighted by atomic mass is 19.1. The third-order valence-electron chi connectivity index (χ3n) is 6.21. The van der Waals surface area contributed by atoms with Gasteiger partial charge in [-0.1, -0.05) is 30.3 Å². The lowest BCUT2D eigenvalue weighted by Crippen LogP contribution is -2.35. The molecular weight excluding hydrogens is 449 g/mol. The Balaban J connectivity index is 1.40. The molecule has 5 rings (SSSR count). The van der Waals surface area contributed by atoms with E-state index in [4.69, 9.17) is 14.6 Å². The van der Waals surface area contributed by atoms with Crippen LogP contribution in [0.1, 0.15) is 59.2 Å². The van der Waals surface area contributed by atoms with E-state index >= 15 is 0 Å². The smallest absolute Gasteiger partial charge is 0.254 e. The van der Waals surface area contributed by atoms with Crippen LogP contribution >= 0.6 is 0 Å². The standard InChI is InChI=1S/C26H26FN5O3/c1-16-15-34-23(29-16)21-9-6-12-32(21)24(33)18-10-11-20(27)19(13-18)22-30-31-25(35-22)26(2,28)14-17-7-4-3-5-8-17/h3-5,7-8,10-11,13,15,21H,6,9,12,14,28H2,1-2H3/t21-,26+/m1/s1. The molecule has 4 aromatic rings. The van der Waals surface area contributed by atoms with Gasteiger partial charge >= 0.3 is 0 Å². The van der Waals surface area contributed by atoms with Crippen LogP contribution in [0.3, 0.4) is 0 Å². The SMILES string of the molecule is Cc1coc([C@H]2CCCN2C(=O)c2ccc(F)c(-c3nnc([C@@](C)(N)Cc4ccccc4)o3)c2)n1. The Morgan fingerprint density at radius 1 is 1.23 bits per heavy atom. The van der Waals surface area contributed by atoms with E-state index in [1.54, 1.807) is 18.1 Å². The van der Waals surface area contributed by atoms with Gasteiger partial charge in [0, 0.05) is 12.1 Å². The normalized spacial score (nSPS) is 17.5. The maximum absolute atomic E-state index is 14.8. The van der Waals surface area contributed by atoms with Gasteiger partial charge in [-0.3, -0.25) is 4.79 Å². The summed E-state index contributed by atoms with van der Waals surface area (Å²) < 4.78 is 26.1. The summed E-state index contributed by atoms with van der Waals surface area (Å²) in [6.45, 7) is 4.18. The Kier molecular flexibility index (Phi) is 5.94. The molecule has 0 aliphatic carbocycles. The second kappa shape index (κ2) is 9.07. The molecule has 0 bridgehead atoms. The molecule has 0 radical (unpaired) electrons. The Bertz CT molecular complexity index is 1350. The van der Waals surface area contributed by atoms with Crippen molar-refractivity contribution >= 4 is 5.91 Å². The van der Waals surface area contributed by atoms with Crippen LogP contribution in [0.25, 0.3) is 11.5 Å². The summed E-state index contributed by atoms with van der Waals surface area (Å²) in [5.74, 6) is -0.140. The number of nitrogens with two attached hydrogens (primary N) is 1. The molecule has 1 fully saturated rings. The van der Waals surface area contributed by atoms with Gasteiger partial charge in [0.15, 0.2) is 0 Å². The largest absolute Gasteiger partial charge is 0.446 e. The highest BCUT2D eigenvalue weighted by Gasteiger charge is 2.34. The molecule has 1 aliphatic heterocycles. The molecule has 0 saturated carbocycles. The summed E-state index contributed by atoms with van der Waals surface area (Å²) in [6, 6.07) is 13.6. The van der Waals surface area contributed by atoms with Gasteiger partial charge < -0.3 is 19.5 Å². The molecule has 35 heavy (non-hydrogen) atoms. The number of oxazole rings is 1. The fraction of sp³-hybridized carbons (Fsp3) is 0.308. The van der Waals surface area contributed by atoms with Crippen LogP contribution in [-0.2, 0) is 12.0 Å². The highest BCUT2D eigenvalue weighted by molar-refractivity contribution is 5.95. The van der Waals surface area contributed by atoms with Crippen molar-refractivity contribution in [2.24, 2.45) is 5.73 Å². The predicted octanol–water partition coefficient (Wildman–Crippen LogP) is 4.57. The van der Waals surface area contributed by atoms with Crippen LogP contribution in [0, 0.1) is 12.7 Å². The Morgan fingerprint density at radius 2 is 2.03 bits per heavy atom. The zero-order valence-electron chi connectivity index (χ0n) is 19.6. The molecule has 3 heterocycles. The zero-order chi connectivity index (χ0) is 24.6. The third kappa shape index (κ3) is 4.59. The summed E-state index contributed by atoms with van der Waals surface area (Å²) in [4.78, 5) is 19.4. The summed E-state index contributed by atoms with van der Waals surface area (Å²) in [7, 11) is 0. The first-order valence-corrected chi connectivity index (χ1v) is 11.5. The molecule has 2 N–H and O–H groups in total. The number of halogens is 1. The van der Waals surface area contributed by atoms with Crippen molar-refractivity contribution in [2.75, 3.05) is 6.54 Å². The lowest BCUT2D eigenvalue weighted by Gasteiger charge is -2.22. The summed E-state index contributed by atoms with van der Waals surface area (Å²) >= 11 is 0. The molecule has 0 spiro atoms. The molecule has 2 atom stereocenters. The molecule has 9 heteroatoms. The summed E-state index contributed by atoms with van der Waals surface area (Å²) in [5, 5.41) is 8.12. The zero-order valence-corrected chi connectivity index (χ0v) is 19.6. The molecular formula is C26H26FN5O3. The van der Waals surface area contributed by atoms with Crippen LogP contribution in [-0.4, -0.2) is 32.5 Å². The number of hydrogen-bond acceptors (Lipinski definition) is 7. The van der Waals surface area contributed by atoms with E-state index in [9.17, 15) is 9.18 Å². The second-order valence-corrected chi connectivity index (χ2v) is 9.17. The molecule has 2 aromatic heterocycles. The number of aromatic nitrogens is 3. The van der Waals surface area contributed by atoms with Gasteiger partial charge in [0.05, 0.1) is 16.8 Å². The number of benzene rings is 2. The molecule has 2 aromatic carbocycles. The van der Waals surface area contributed by atoms with Crippen molar-refractivity contribution < 1.29 is 18.0 Å². The lowest BCUT2D eigenvalue weighted by atomic mass is 9.94. The molecule has 180 valence electrons. The maximum atomic E-state index is 14.8. The molecule has 8 nitrogen and oxygen atoms in total. The second-order valence-electron chi connectivity index (χ2n) is 9.17. The Morgan fingerprint density at radius 3 is 2.77 bits per heavy atom. The third-order valence-corrected chi connectivity index (χ3v) is 6.21. The first-order chi connectivity index (χ1) is 16.8. The molecule has 1 saturated heterocycles. The highest BCUT2D eigenvalue weighted by Crippen LogP contribution is 2.34. The Hall–Kier alpha value is -3.85. The average Bonchev–Trinajstić information content (AvgIpc) is 3.60. The number of carbonyl (C=O) groups is 1. The van der Waals surface area contributed by atoms with Gasteiger partial charge in [0.2, 0.25) is 11.8 Å². The fourth-order valence-corrected chi connectivity index (χ4v) is 4.44. The van der Waals surface area contributed by atoms with E-state index in [1.165, 1.54) is 18.2 Å². The van der Waals surface area contributed by atoms with Crippen LogP contribution in [0.15, 0.2) is 63.6 Å². The number of nitrogens with zero attached hydrogens (tertiary/aromatic N) is 4. The topological polar surface area (TPSA) is 111 Å². The number of likely N-dealkylation sites (tertiary alicyclic amines) is 1. The number of aryl methyl sites for hydroxylation is 1. The van der Waals surface area contributed by atoms with E-state index in [2.05, 4.69) is 15.2 Å². The van der Waals surface area contributed by atoms with Crippen molar-refractivity contribution in [3.05, 3.63) is 89.2 Å². The number of rotatable bonds is 6. The quantitative estimate of drug-likeness (QED) is 0.435. The minimum absolute atomic E-state index is 0.0295. The van der Waals surface area contributed by atoms with Crippen molar-refractivity contribution in [3.8, 4) is 11.5 Å². The summed E-state index contributed by atoms with van der Waals surface area (Å²) in [6.07, 6.45) is 3.62. The monoisotopic (exact) mass is 475 g/mol. The van der Waals surface area contributed by atoms with Gasteiger partial charge in [-0.05, 0) is 56.9 Å². The molecule has 0 unspecified atom stereocenters. The van der Waals surface area contributed by atoms with Crippen LogP contribution in [0.2, 0.25) is 0 Å². The predicted molar refractivity (Wildman–Crippen MR) is 126 cm³/mol. The minimum Gasteiger partial charge on any atom is -0.446 e. The summed E-state index contributed by atoms with van der Waals surface area (Å²) in [5.41, 5.74) is 7.65. The number of amides is 1. The van der Waals surface area contributed by atoms with E-state index in [0.29, 0.717) is 24.4 Å². The molecule has 1 amide bonds. The van der Waals surface area contributed by atoms with Crippen LogP contribution < -0.4 is 5.73 Å². The van der Waals surface area contributed by atoms with Gasteiger partial charge in [-0.2, -0.15) is 0 Å². The van der Waals surface area contributed by atoms with Gasteiger partial charge in [0.25, 0.3) is 11.8 Å². The lowest BCUT2D eigenvalue weighted by molar-refractivity contribution is 0.0715. The maximum Gasteiger partial charge on any atom is 0.254 e. The number of hydrogen-bond donors (Lipinski definition) is 1. The van der Waals surface area contributed by atoms with Gasteiger partial charge in [0.1, 0.15) is 18.1 Å². The van der Waals surface area contributed by atoms with Crippen molar-refractivity contribution in [2.45, 2.75) is 44.7 Å². The van der Waals surface area contributed by atoms with Gasteiger partial charge in [-0.25, -0.2) is 9.37 Å². The van der Waals surface area contributed by atoms with E-state index in [1.807, 2.05) is 37.3 Å². The fourth-order valence-electron chi connectivity index (χ4n) is 4.44. The van der Waals surface area contributed by atoms with E-state index in [0.717, 1.165) is 24.1 Å². The van der Waals surface area contributed by atoms with Crippen molar-refractivity contribution in [1.29, 1.82) is 0 Å².